The van der Waals surface area contributed by atoms with Gasteiger partial charge in [-0.15, -0.1) is 11.8 Å². The molecular formula is C24H28N4O2S. The van der Waals surface area contributed by atoms with Crippen LogP contribution in [0, 0.1) is 6.92 Å². The van der Waals surface area contributed by atoms with Crippen LogP contribution in [0.3, 0.4) is 0 Å². The molecule has 1 fully saturated rings. The minimum absolute atomic E-state index is 0.380. The third-order valence-corrected chi connectivity index (χ3v) is 6.40. The second-order valence-corrected chi connectivity index (χ2v) is 8.77. The second-order valence-electron chi connectivity index (χ2n) is 7.48. The van der Waals surface area contributed by atoms with E-state index in [1.807, 2.05) is 72.8 Å². The lowest BCUT2D eigenvalue weighted by Crippen LogP contribution is -2.14. The first-order valence-electron chi connectivity index (χ1n) is 10.5. The first-order chi connectivity index (χ1) is 15.2. The Kier molecular flexibility index (Phi) is 7.27. The zero-order valence-electron chi connectivity index (χ0n) is 18.0. The van der Waals surface area contributed by atoms with E-state index in [0.29, 0.717) is 18.5 Å². The average molecular weight is 437 g/mol. The summed E-state index contributed by atoms with van der Waals surface area (Å²) in [6.45, 7) is 3.89. The fourth-order valence-corrected chi connectivity index (χ4v) is 4.60. The van der Waals surface area contributed by atoms with Crippen molar-refractivity contribution >= 4 is 18.0 Å². The molecule has 0 radical (unpaired) electrons. The molecule has 6 nitrogen and oxygen atoms in total. The maximum absolute atomic E-state index is 5.76. The number of oxime groups is 1. The Hall–Kier alpha value is -2.77. The summed E-state index contributed by atoms with van der Waals surface area (Å²) in [6.07, 6.45) is 2.80. The summed E-state index contributed by atoms with van der Waals surface area (Å²) in [4.78, 5) is 10.1. The number of aryl methyl sites for hydroxylation is 1. The van der Waals surface area contributed by atoms with Gasteiger partial charge in [0.25, 0.3) is 0 Å². The SMILES string of the molecule is Cc1nc(-c2ccccc2)n(C)c1C=NOCCOc1ccc(CC2CNCS2)cc1. The van der Waals surface area contributed by atoms with E-state index in [1.165, 1.54) is 5.56 Å². The molecule has 0 saturated carbocycles. The Bertz CT molecular complexity index is 996. The molecule has 1 saturated heterocycles. The predicted octanol–water partition coefficient (Wildman–Crippen LogP) is 4.03. The van der Waals surface area contributed by atoms with E-state index in [2.05, 4.69) is 27.6 Å². The highest BCUT2D eigenvalue weighted by Crippen LogP contribution is 2.21. The average Bonchev–Trinajstić information content (AvgIpc) is 3.40. The minimum atomic E-state index is 0.380. The van der Waals surface area contributed by atoms with Crippen molar-refractivity contribution in [2.24, 2.45) is 12.2 Å². The quantitative estimate of drug-likeness (QED) is 0.312. The van der Waals surface area contributed by atoms with Crippen LogP contribution in [-0.2, 0) is 18.3 Å². The number of nitrogens with one attached hydrogen (secondary N) is 1. The van der Waals surface area contributed by atoms with Gasteiger partial charge in [0.2, 0.25) is 0 Å². The van der Waals surface area contributed by atoms with Crippen LogP contribution >= 0.6 is 11.8 Å². The number of ether oxygens (including phenoxy) is 1. The summed E-state index contributed by atoms with van der Waals surface area (Å²) in [7, 11) is 1.98. The van der Waals surface area contributed by atoms with Gasteiger partial charge in [-0.3, -0.25) is 0 Å². The first-order valence-corrected chi connectivity index (χ1v) is 11.5. The van der Waals surface area contributed by atoms with E-state index in [4.69, 9.17) is 9.57 Å². The molecule has 1 aliphatic heterocycles. The number of imidazole rings is 1. The fraction of sp³-hybridized carbons (Fsp3) is 0.333. The van der Waals surface area contributed by atoms with Gasteiger partial charge in [0.05, 0.1) is 17.6 Å². The van der Waals surface area contributed by atoms with Gasteiger partial charge in [0.1, 0.15) is 18.2 Å². The van der Waals surface area contributed by atoms with E-state index in [0.717, 1.165) is 47.4 Å². The van der Waals surface area contributed by atoms with Crippen LogP contribution in [0.15, 0.2) is 59.8 Å². The molecule has 1 N–H and O–H groups in total. The lowest BCUT2D eigenvalue weighted by molar-refractivity contribution is 0.108. The number of hydrogen-bond donors (Lipinski definition) is 1. The Morgan fingerprint density at radius 2 is 1.97 bits per heavy atom. The molecule has 4 rings (SSSR count). The maximum Gasteiger partial charge on any atom is 0.151 e. The summed E-state index contributed by atoms with van der Waals surface area (Å²) in [6, 6.07) is 18.4. The highest BCUT2D eigenvalue weighted by Gasteiger charge is 2.15. The monoisotopic (exact) mass is 436 g/mol. The van der Waals surface area contributed by atoms with Gasteiger partial charge in [-0.05, 0) is 31.0 Å². The van der Waals surface area contributed by atoms with E-state index >= 15 is 0 Å². The molecule has 0 amide bonds. The van der Waals surface area contributed by atoms with E-state index < -0.39 is 0 Å². The first kappa shape index (κ1) is 21.5. The van der Waals surface area contributed by atoms with Crippen molar-refractivity contribution in [3.63, 3.8) is 0 Å². The molecule has 162 valence electrons. The number of nitrogens with zero attached hydrogens (tertiary/aromatic N) is 3. The third kappa shape index (κ3) is 5.68. The van der Waals surface area contributed by atoms with Crippen LogP contribution in [-0.4, -0.2) is 46.7 Å². The molecule has 7 heteroatoms. The topological polar surface area (TPSA) is 60.7 Å². The normalized spacial score (nSPS) is 16.1. The summed E-state index contributed by atoms with van der Waals surface area (Å²) >= 11 is 1.99. The van der Waals surface area contributed by atoms with Crippen molar-refractivity contribution in [2.45, 2.75) is 18.6 Å². The Balaban J connectivity index is 1.22. The lowest BCUT2D eigenvalue weighted by Gasteiger charge is -2.09. The molecule has 3 aromatic rings. The van der Waals surface area contributed by atoms with E-state index in [1.54, 1.807) is 6.21 Å². The van der Waals surface area contributed by atoms with Gasteiger partial charge >= 0.3 is 0 Å². The third-order valence-electron chi connectivity index (χ3n) is 5.23. The number of thioether (sulfide) groups is 1. The Morgan fingerprint density at radius 3 is 2.71 bits per heavy atom. The van der Waals surface area contributed by atoms with Crippen molar-refractivity contribution < 1.29 is 9.57 Å². The van der Waals surface area contributed by atoms with Crippen molar-refractivity contribution in [2.75, 3.05) is 25.6 Å². The van der Waals surface area contributed by atoms with Crippen LogP contribution < -0.4 is 10.1 Å². The summed E-state index contributed by atoms with van der Waals surface area (Å²) in [5.74, 6) is 2.82. The predicted molar refractivity (Wildman–Crippen MR) is 127 cm³/mol. The van der Waals surface area contributed by atoms with Crippen molar-refractivity contribution in [3.05, 3.63) is 71.5 Å². The highest BCUT2D eigenvalue weighted by molar-refractivity contribution is 8.00. The molecule has 1 unspecified atom stereocenters. The standard InChI is InChI=1S/C24H28N4O2S/c1-18-23(28(2)24(27-18)20-6-4-3-5-7-20)16-26-30-13-12-29-21-10-8-19(9-11-21)14-22-15-25-17-31-22/h3-11,16,22,25H,12-15,17H2,1-2H3. The molecule has 2 aromatic carbocycles. The minimum Gasteiger partial charge on any atom is -0.490 e. The maximum atomic E-state index is 5.76. The second kappa shape index (κ2) is 10.5. The molecule has 0 bridgehead atoms. The lowest BCUT2D eigenvalue weighted by atomic mass is 10.1. The molecule has 2 heterocycles. The number of aromatic nitrogens is 2. The molecule has 1 aliphatic rings. The van der Waals surface area contributed by atoms with Gasteiger partial charge in [-0.1, -0.05) is 47.6 Å². The zero-order valence-corrected chi connectivity index (χ0v) is 18.8. The van der Waals surface area contributed by atoms with Gasteiger partial charge < -0.3 is 19.5 Å². The van der Waals surface area contributed by atoms with Crippen LogP contribution in [0.2, 0.25) is 0 Å². The van der Waals surface area contributed by atoms with Crippen molar-refractivity contribution in [3.8, 4) is 17.1 Å². The van der Waals surface area contributed by atoms with E-state index in [9.17, 15) is 0 Å². The summed E-state index contributed by atoms with van der Waals surface area (Å²) in [5.41, 5.74) is 4.25. The number of rotatable bonds is 9. The smallest absolute Gasteiger partial charge is 0.151 e. The Labute approximate surface area is 187 Å². The highest BCUT2D eigenvalue weighted by atomic mass is 32.2. The van der Waals surface area contributed by atoms with Gasteiger partial charge in [0, 0.05) is 30.3 Å². The van der Waals surface area contributed by atoms with Crippen LogP contribution in [0.1, 0.15) is 17.0 Å². The van der Waals surface area contributed by atoms with Crippen molar-refractivity contribution in [1.82, 2.24) is 14.9 Å². The summed E-state index contributed by atoms with van der Waals surface area (Å²) < 4.78 is 7.78. The molecule has 0 aliphatic carbocycles. The van der Waals surface area contributed by atoms with Crippen LogP contribution in [0.5, 0.6) is 5.75 Å². The van der Waals surface area contributed by atoms with Crippen LogP contribution in [0.4, 0.5) is 0 Å². The van der Waals surface area contributed by atoms with Gasteiger partial charge in [-0.2, -0.15) is 0 Å². The Morgan fingerprint density at radius 1 is 1.16 bits per heavy atom. The molecule has 0 spiro atoms. The molecule has 1 atom stereocenters. The van der Waals surface area contributed by atoms with E-state index in [-0.39, 0.29) is 0 Å². The number of benzene rings is 2. The molecular weight excluding hydrogens is 408 g/mol. The largest absolute Gasteiger partial charge is 0.490 e. The van der Waals surface area contributed by atoms with Crippen LogP contribution in [0.25, 0.3) is 11.4 Å². The number of hydrogen-bond acceptors (Lipinski definition) is 6. The van der Waals surface area contributed by atoms with Gasteiger partial charge in [0.15, 0.2) is 6.61 Å². The summed E-state index contributed by atoms with van der Waals surface area (Å²) in [5, 5.41) is 8.15. The van der Waals surface area contributed by atoms with Crippen molar-refractivity contribution in [1.29, 1.82) is 0 Å². The zero-order chi connectivity index (χ0) is 21.5. The van der Waals surface area contributed by atoms with Gasteiger partial charge in [-0.25, -0.2) is 4.98 Å². The fourth-order valence-electron chi connectivity index (χ4n) is 3.58. The molecule has 31 heavy (non-hydrogen) atoms. The molecule has 1 aromatic heterocycles.